The van der Waals surface area contributed by atoms with Crippen molar-refractivity contribution in [2.24, 2.45) is 0 Å². The summed E-state index contributed by atoms with van der Waals surface area (Å²) in [7, 11) is 0. The molecule has 1 aromatic heterocycles. The van der Waals surface area contributed by atoms with Crippen LogP contribution in [0.1, 0.15) is 43.0 Å². The fourth-order valence-electron chi connectivity index (χ4n) is 2.21. The molecule has 0 radical (unpaired) electrons. The molecule has 4 nitrogen and oxygen atoms in total. The smallest absolute Gasteiger partial charge is 0.339 e. The highest BCUT2D eigenvalue weighted by atomic mass is 16.5. The second-order valence-electron chi connectivity index (χ2n) is 4.53. The van der Waals surface area contributed by atoms with Crippen molar-refractivity contribution in [2.45, 2.75) is 32.6 Å². The largest absolute Gasteiger partial charge is 0.462 e. The van der Waals surface area contributed by atoms with Crippen LogP contribution in [0, 0.1) is 0 Å². The lowest BCUT2D eigenvalue weighted by molar-refractivity contribution is 0.0526. The van der Waals surface area contributed by atoms with Crippen LogP contribution >= 0.6 is 0 Å². The van der Waals surface area contributed by atoms with E-state index in [0.29, 0.717) is 12.2 Å². The monoisotopic (exact) mass is 248 g/mol. The summed E-state index contributed by atoms with van der Waals surface area (Å²) in [5, 5.41) is 0. The molecular formula is C14H20N2O2. The van der Waals surface area contributed by atoms with E-state index in [1.54, 1.807) is 19.2 Å². The molecule has 0 unspecified atom stereocenters. The third-order valence-corrected chi connectivity index (χ3v) is 3.19. The molecule has 18 heavy (non-hydrogen) atoms. The number of nitrogens with zero attached hydrogens (tertiary/aromatic N) is 2. The number of hydrogen-bond acceptors (Lipinski definition) is 4. The summed E-state index contributed by atoms with van der Waals surface area (Å²) in [4.78, 5) is 18.2. The highest BCUT2D eigenvalue weighted by molar-refractivity contribution is 5.89. The first-order chi connectivity index (χ1) is 8.81. The molecule has 2 heterocycles. The van der Waals surface area contributed by atoms with Gasteiger partial charge in [-0.05, 0) is 31.9 Å². The number of ether oxygens (including phenoxy) is 1. The molecule has 4 heteroatoms. The zero-order valence-electron chi connectivity index (χ0n) is 10.9. The number of esters is 1. The van der Waals surface area contributed by atoms with E-state index in [4.69, 9.17) is 4.74 Å². The van der Waals surface area contributed by atoms with E-state index in [0.717, 1.165) is 18.9 Å². The standard InChI is InChI=1S/C14H20N2O2/c1-2-18-14(17)12-7-8-13(15-11-12)16-9-5-3-4-6-10-16/h7-8,11H,2-6,9-10H2,1H3. The van der Waals surface area contributed by atoms with Crippen molar-refractivity contribution in [3.8, 4) is 0 Å². The molecule has 0 aromatic carbocycles. The lowest BCUT2D eigenvalue weighted by atomic mass is 10.2. The maximum Gasteiger partial charge on any atom is 0.339 e. The first-order valence-corrected chi connectivity index (χ1v) is 6.69. The number of carbonyl (C=O) groups is 1. The molecule has 1 saturated heterocycles. The number of aromatic nitrogens is 1. The summed E-state index contributed by atoms with van der Waals surface area (Å²) in [6.45, 7) is 4.32. The van der Waals surface area contributed by atoms with Crippen LogP contribution in [0.25, 0.3) is 0 Å². The Labute approximate surface area is 108 Å². The summed E-state index contributed by atoms with van der Waals surface area (Å²) in [5.41, 5.74) is 0.524. The Morgan fingerprint density at radius 1 is 1.28 bits per heavy atom. The van der Waals surface area contributed by atoms with E-state index >= 15 is 0 Å². The summed E-state index contributed by atoms with van der Waals surface area (Å²) in [6.07, 6.45) is 6.66. The van der Waals surface area contributed by atoms with Crippen LogP contribution < -0.4 is 4.90 Å². The van der Waals surface area contributed by atoms with Gasteiger partial charge in [0.05, 0.1) is 12.2 Å². The maximum absolute atomic E-state index is 11.5. The lowest BCUT2D eigenvalue weighted by Gasteiger charge is -2.21. The molecule has 2 rings (SSSR count). The van der Waals surface area contributed by atoms with Crippen LogP contribution in [0.15, 0.2) is 18.3 Å². The molecule has 0 bridgehead atoms. The van der Waals surface area contributed by atoms with Crippen molar-refractivity contribution >= 4 is 11.8 Å². The predicted molar refractivity (Wildman–Crippen MR) is 70.9 cm³/mol. The molecule has 1 aliphatic heterocycles. The van der Waals surface area contributed by atoms with E-state index in [-0.39, 0.29) is 5.97 Å². The minimum Gasteiger partial charge on any atom is -0.462 e. The van der Waals surface area contributed by atoms with Crippen LogP contribution in [0.3, 0.4) is 0 Å². The van der Waals surface area contributed by atoms with Crippen molar-refractivity contribution < 1.29 is 9.53 Å². The molecule has 0 saturated carbocycles. The summed E-state index contributed by atoms with van der Waals surface area (Å²) in [5.74, 6) is 0.664. The normalized spacial score (nSPS) is 16.2. The molecule has 0 atom stereocenters. The first kappa shape index (κ1) is 12.9. The van der Waals surface area contributed by atoms with Gasteiger partial charge in [0.2, 0.25) is 0 Å². The average Bonchev–Trinajstić information content (AvgIpc) is 2.68. The van der Waals surface area contributed by atoms with Gasteiger partial charge in [0.15, 0.2) is 0 Å². The second-order valence-corrected chi connectivity index (χ2v) is 4.53. The molecule has 0 amide bonds. The van der Waals surface area contributed by atoms with Crippen LogP contribution in [0.5, 0.6) is 0 Å². The highest BCUT2D eigenvalue weighted by Gasteiger charge is 2.12. The van der Waals surface area contributed by atoms with Crippen LogP contribution in [-0.4, -0.2) is 30.6 Å². The summed E-state index contributed by atoms with van der Waals surface area (Å²) >= 11 is 0. The third kappa shape index (κ3) is 3.22. The third-order valence-electron chi connectivity index (χ3n) is 3.19. The van der Waals surface area contributed by atoms with Crippen molar-refractivity contribution in [3.05, 3.63) is 23.9 Å². The fourth-order valence-corrected chi connectivity index (χ4v) is 2.21. The topological polar surface area (TPSA) is 42.4 Å². The zero-order chi connectivity index (χ0) is 12.8. The summed E-state index contributed by atoms with van der Waals surface area (Å²) < 4.78 is 4.94. The van der Waals surface area contributed by atoms with Gasteiger partial charge in [0, 0.05) is 19.3 Å². The van der Waals surface area contributed by atoms with Crippen molar-refractivity contribution in [3.63, 3.8) is 0 Å². The molecule has 1 aromatic rings. The zero-order valence-corrected chi connectivity index (χ0v) is 10.9. The molecule has 1 fully saturated rings. The highest BCUT2D eigenvalue weighted by Crippen LogP contribution is 2.17. The summed E-state index contributed by atoms with van der Waals surface area (Å²) in [6, 6.07) is 3.71. The molecule has 0 spiro atoms. The van der Waals surface area contributed by atoms with E-state index in [1.165, 1.54) is 25.7 Å². The Kier molecular flexibility index (Phi) is 4.56. The van der Waals surface area contributed by atoms with E-state index in [2.05, 4.69) is 9.88 Å². The van der Waals surface area contributed by atoms with Gasteiger partial charge < -0.3 is 9.64 Å². The number of rotatable bonds is 3. The Morgan fingerprint density at radius 3 is 2.56 bits per heavy atom. The van der Waals surface area contributed by atoms with Crippen molar-refractivity contribution in [1.82, 2.24) is 4.98 Å². The quantitative estimate of drug-likeness (QED) is 0.771. The van der Waals surface area contributed by atoms with E-state index in [1.807, 2.05) is 6.07 Å². The van der Waals surface area contributed by atoms with Gasteiger partial charge >= 0.3 is 5.97 Å². The second kappa shape index (κ2) is 6.38. The Bertz CT molecular complexity index is 381. The minimum absolute atomic E-state index is 0.299. The average molecular weight is 248 g/mol. The number of pyridine rings is 1. The van der Waals surface area contributed by atoms with Gasteiger partial charge in [-0.15, -0.1) is 0 Å². The maximum atomic E-state index is 11.5. The first-order valence-electron chi connectivity index (χ1n) is 6.69. The Hall–Kier alpha value is -1.58. The minimum atomic E-state index is -0.299. The van der Waals surface area contributed by atoms with Gasteiger partial charge in [0.1, 0.15) is 5.82 Å². The molecule has 1 aliphatic rings. The SMILES string of the molecule is CCOC(=O)c1ccc(N2CCCCCC2)nc1. The number of carbonyl (C=O) groups excluding carboxylic acids is 1. The fraction of sp³-hybridized carbons (Fsp3) is 0.571. The Morgan fingerprint density at radius 2 is 2.00 bits per heavy atom. The van der Waals surface area contributed by atoms with Gasteiger partial charge in [-0.2, -0.15) is 0 Å². The van der Waals surface area contributed by atoms with Crippen LogP contribution in [0.2, 0.25) is 0 Å². The molecule has 0 N–H and O–H groups in total. The van der Waals surface area contributed by atoms with Crippen LogP contribution in [-0.2, 0) is 4.74 Å². The van der Waals surface area contributed by atoms with Gasteiger partial charge in [-0.1, -0.05) is 12.8 Å². The van der Waals surface area contributed by atoms with E-state index in [9.17, 15) is 4.79 Å². The van der Waals surface area contributed by atoms with E-state index < -0.39 is 0 Å². The van der Waals surface area contributed by atoms with Gasteiger partial charge in [-0.25, -0.2) is 9.78 Å². The van der Waals surface area contributed by atoms with Crippen molar-refractivity contribution in [1.29, 1.82) is 0 Å². The van der Waals surface area contributed by atoms with Gasteiger partial charge in [0.25, 0.3) is 0 Å². The molecule has 98 valence electrons. The number of hydrogen-bond donors (Lipinski definition) is 0. The van der Waals surface area contributed by atoms with Gasteiger partial charge in [-0.3, -0.25) is 0 Å². The molecule has 0 aliphatic carbocycles. The van der Waals surface area contributed by atoms with Crippen LogP contribution in [0.4, 0.5) is 5.82 Å². The predicted octanol–water partition coefficient (Wildman–Crippen LogP) is 2.64. The lowest BCUT2D eigenvalue weighted by Crippen LogP contribution is -2.24. The Balaban J connectivity index is 2.04. The molecular weight excluding hydrogens is 228 g/mol. The number of anilines is 1. The van der Waals surface area contributed by atoms with Crippen molar-refractivity contribution in [2.75, 3.05) is 24.6 Å².